The molecule has 1 saturated heterocycles. The number of benzene rings is 1. The number of fused-ring (bicyclic) bond motifs is 1. The summed E-state index contributed by atoms with van der Waals surface area (Å²) in [5, 5.41) is 13.2. The molecule has 24 heavy (non-hydrogen) atoms. The lowest BCUT2D eigenvalue weighted by Crippen LogP contribution is -2.41. The Balaban J connectivity index is 1.59. The first-order valence-corrected chi connectivity index (χ1v) is 8.02. The van der Waals surface area contributed by atoms with Gasteiger partial charge in [0.15, 0.2) is 0 Å². The van der Waals surface area contributed by atoms with Crippen LogP contribution in [0, 0.1) is 5.92 Å². The second kappa shape index (κ2) is 7.46. The van der Waals surface area contributed by atoms with Crippen LogP contribution in [0.1, 0.15) is 6.42 Å². The summed E-state index contributed by atoms with van der Waals surface area (Å²) in [6, 6.07) is 7.50. The van der Waals surface area contributed by atoms with Gasteiger partial charge in [0.2, 0.25) is 5.91 Å². The number of hydrogen-bond donors (Lipinski definition) is 3. The maximum atomic E-state index is 12.2. The first kappa shape index (κ1) is 16.5. The molecule has 1 aliphatic rings. The number of carboxylic acid groups (broad SMARTS) is 1. The summed E-state index contributed by atoms with van der Waals surface area (Å²) in [7, 11) is 0. The molecule has 1 aromatic heterocycles. The van der Waals surface area contributed by atoms with E-state index in [9.17, 15) is 14.7 Å². The van der Waals surface area contributed by atoms with Crippen LogP contribution in [-0.4, -0.2) is 59.7 Å². The van der Waals surface area contributed by atoms with Gasteiger partial charge in [-0.1, -0.05) is 6.07 Å². The minimum absolute atomic E-state index is 0.0462. The number of nitrogens with zero attached hydrogens (tertiary/aromatic N) is 1. The van der Waals surface area contributed by atoms with E-state index in [4.69, 9.17) is 4.74 Å². The van der Waals surface area contributed by atoms with Gasteiger partial charge in [0.25, 0.3) is 0 Å². The zero-order valence-corrected chi connectivity index (χ0v) is 13.3. The first-order valence-electron chi connectivity index (χ1n) is 8.02. The van der Waals surface area contributed by atoms with Gasteiger partial charge >= 0.3 is 5.97 Å². The van der Waals surface area contributed by atoms with Crippen LogP contribution >= 0.6 is 0 Å². The monoisotopic (exact) mass is 331 g/mol. The zero-order valence-electron chi connectivity index (χ0n) is 13.3. The summed E-state index contributed by atoms with van der Waals surface area (Å²) in [4.78, 5) is 28.8. The Hall–Kier alpha value is -2.38. The van der Waals surface area contributed by atoms with Gasteiger partial charge in [0, 0.05) is 43.5 Å². The zero-order chi connectivity index (χ0) is 16.9. The number of rotatable bonds is 6. The molecule has 0 bridgehead atoms. The van der Waals surface area contributed by atoms with Crippen molar-refractivity contribution in [1.29, 1.82) is 0 Å². The Labute approximate surface area is 139 Å². The van der Waals surface area contributed by atoms with Crippen LogP contribution in [0.3, 0.4) is 0 Å². The van der Waals surface area contributed by atoms with E-state index in [1.54, 1.807) is 0 Å². The number of H-pyrrole nitrogens is 1. The second-order valence-electron chi connectivity index (χ2n) is 5.98. The van der Waals surface area contributed by atoms with E-state index >= 15 is 0 Å². The van der Waals surface area contributed by atoms with Crippen molar-refractivity contribution in [2.24, 2.45) is 5.92 Å². The minimum atomic E-state index is -0.948. The van der Waals surface area contributed by atoms with Gasteiger partial charge in [-0.05, 0) is 23.6 Å². The molecule has 1 amide bonds. The molecule has 3 N–H and O–H groups in total. The molecule has 2 heterocycles. The summed E-state index contributed by atoms with van der Waals surface area (Å²) in [6.45, 7) is 2.98. The molecular weight excluding hydrogens is 310 g/mol. The molecule has 1 atom stereocenters. The number of ether oxygens (including phenoxy) is 1. The fraction of sp³-hybridized carbons (Fsp3) is 0.412. The summed E-state index contributed by atoms with van der Waals surface area (Å²) in [6.07, 6.45) is 1.79. The third-order valence-electron chi connectivity index (χ3n) is 4.20. The molecule has 128 valence electrons. The van der Waals surface area contributed by atoms with Crippen molar-refractivity contribution in [1.82, 2.24) is 9.88 Å². The van der Waals surface area contributed by atoms with Crippen LogP contribution < -0.4 is 5.32 Å². The average Bonchev–Trinajstić information content (AvgIpc) is 3.02. The first-order chi connectivity index (χ1) is 11.6. The Bertz CT molecular complexity index is 721. The highest BCUT2D eigenvalue weighted by Crippen LogP contribution is 2.18. The number of carbonyl (C=O) groups is 2. The minimum Gasteiger partial charge on any atom is -0.481 e. The van der Waals surface area contributed by atoms with E-state index in [0.717, 1.165) is 10.9 Å². The fourth-order valence-electron chi connectivity index (χ4n) is 2.89. The van der Waals surface area contributed by atoms with Crippen LogP contribution in [-0.2, 0) is 14.3 Å². The third kappa shape index (κ3) is 4.12. The lowest BCUT2D eigenvalue weighted by Gasteiger charge is -2.28. The number of morpholine rings is 1. The summed E-state index contributed by atoms with van der Waals surface area (Å²) >= 11 is 0. The van der Waals surface area contributed by atoms with Crippen LogP contribution in [0.5, 0.6) is 0 Å². The quantitative estimate of drug-likeness (QED) is 0.746. The molecule has 3 rings (SSSR count). The maximum Gasteiger partial charge on any atom is 0.308 e. The normalized spacial score (nSPS) is 16.8. The third-order valence-corrected chi connectivity index (χ3v) is 4.20. The van der Waals surface area contributed by atoms with Crippen molar-refractivity contribution in [2.75, 3.05) is 38.2 Å². The van der Waals surface area contributed by atoms with E-state index in [2.05, 4.69) is 10.3 Å². The number of anilines is 1. The predicted octanol–water partition coefficient (Wildman–Crippen LogP) is 1.53. The topological polar surface area (TPSA) is 94.7 Å². The molecule has 1 aliphatic heterocycles. The van der Waals surface area contributed by atoms with Gasteiger partial charge in [-0.15, -0.1) is 0 Å². The highest BCUT2D eigenvalue weighted by molar-refractivity contribution is 5.95. The van der Waals surface area contributed by atoms with Gasteiger partial charge in [-0.3, -0.25) is 14.5 Å². The molecule has 0 aliphatic carbocycles. The Morgan fingerprint density at radius 2 is 2.08 bits per heavy atom. The number of carbonyl (C=O) groups excluding carboxylic acids is 1. The van der Waals surface area contributed by atoms with Crippen molar-refractivity contribution in [3.05, 3.63) is 30.5 Å². The molecule has 1 unspecified atom stereocenters. The molecule has 0 saturated carbocycles. The summed E-state index contributed by atoms with van der Waals surface area (Å²) in [5.41, 5.74) is 1.58. The molecule has 0 radical (unpaired) electrons. The molecule has 1 fully saturated rings. The molecule has 2 aromatic rings. The van der Waals surface area contributed by atoms with Crippen molar-refractivity contribution < 1.29 is 19.4 Å². The molecule has 7 nitrogen and oxygen atoms in total. The van der Waals surface area contributed by atoms with Crippen molar-refractivity contribution >= 4 is 28.5 Å². The van der Waals surface area contributed by atoms with Gasteiger partial charge < -0.3 is 20.1 Å². The molecule has 7 heteroatoms. The Morgan fingerprint density at radius 1 is 1.29 bits per heavy atom. The van der Waals surface area contributed by atoms with Crippen LogP contribution in [0.4, 0.5) is 5.69 Å². The molecular formula is C17H21N3O4. The van der Waals surface area contributed by atoms with E-state index in [1.165, 1.54) is 0 Å². The lowest BCUT2D eigenvalue weighted by molar-refractivity contribution is -0.144. The number of amides is 1. The maximum absolute atomic E-state index is 12.2. The van der Waals surface area contributed by atoms with Crippen molar-refractivity contribution in [2.45, 2.75) is 6.42 Å². The number of hydrogen-bond acceptors (Lipinski definition) is 4. The van der Waals surface area contributed by atoms with E-state index in [1.807, 2.05) is 35.4 Å². The van der Waals surface area contributed by atoms with Crippen LogP contribution in [0.25, 0.3) is 10.9 Å². The van der Waals surface area contributed by atoms with E-state index in [0.29, 0.717) is 38.5 Å². The van der Waals surface area contributed by atoms with Crippen LogP contribution in [0.2, 0.25) is 0 Å². The standard InChI is InChI=1S/C17H21N3O4/c21-16(19-14-2-1-12-3-4-18-15(12)10-14)9-13(17(22)23)11-20-5-7-24-8-6-20/h1-4,10,13,18H,5-9,11H2,(H,19,21)(H,22,23). The van der Waals surface area contributed by atoms with Crippen molar-refractivity contribution in [3.8, 4) is 0 Å². The van der Waals surface area contributed by atoms with Gasteiger partial charge in [-0.2, -0.15) is 0 Å². The number of aromatic nitrogens is 1. The van der Waals surface area contributed by atoms with Gasteiger partial charge in [0.1, 0.15) is 0 Å². The Kier molecular flexibility index (Phi) is 5.12. The number of aromatic amines is 1. The fourth-order valence-corrected chi connectivity index (χ4v) is 2.89. The smallest absolute Gasteiger partial charge is 0.308 e. The number of carboxylic acids is 1. The molecule has 1 aromatic carbocycles. The number of aliphatic carboxylic acids is 1. The van der Waals surface area contributed by atoms with Gasteiger partial charge in [0.05, 0.1) is 19.1 Å². The lowest BCUT2D eigenvalue weighted by atomic mass is 10.0. The summed E-state index contributed by atoms with van der Waals surface area (Å²) < 4.78 is 5.26. The van der Waals surface area contributed by atoms with E-state index in [-0.39, 0.29) is 12.3 Å². The average molecular weight is 331 g/mol. The van der Waals surface area contributed by atoms with Crippen molar-refractivity contribution in [3.63, 3.8) is 0 Å². The highest BCUT2D eigenvalue weighted by Gasteiger charge is 2.25. The Morgan fingerprint density at radius 3 is 2.83 bits per heavy atom. The SMILES string of the molecule is O=C(CC(CN1CCOCC1)C(=O)O)Nc1ccc2cc[nH]c2c1. The largest absolute Gasteiger partial charge is 0.481 e. The summed E-state index contributed by atoms with van der Waals surface area (Å²) in [5.74, 6) is -1.96. The van der Waals surface area contributed by atoms with Gasteiger partial charge in [-0.25, -0.2) is 0 Å². The highest BCUT2D eigenvalue weighted by atomic mass is 16.5. The van der Waals surface area contributed by atoms with Crippen LogP contribution in [0.15, 0.2) is 30.5 Å². The number of nitrogens with one attached hydrogen (secondary N) is 2. The van der Waals surface area contributed by atoms with E-state index < -0.39 is 11.9 Å². The second-order valence-corrected chi connectivity index (χ2v) is 5.98. The predicted molar refractivity (Wildman–Crippen MR) is 89.9 cm³/mol. The molecule has 0 spiro atoms.